The molecule has 0 fully saturated rings. The van der Waals surface area contributed by atoms with Gasteiger partial charge in [0.15, 0.2) is 0 Å². The van der Waals surface area contributed by atoms with E-state index in [1.165, 1.54) is 0 Å². The van der Waals surface area contributed by atoms with Crippen molar-refractivity contribution in [1.29, 1.82) is 0 Å². The van der Waals surface area contributed by atoms with E-state index < -0.39 is 0 Å². The van der Waals surface area contributed by atoms with Crippen LogP contribution in [0.4, 0.5) is 0 Å². The Kier molecular flexibility index (Phi) is 27.5. The maximum absolute atomic E-state index is 8.00. The fraction of sp³-hybridized carbons (Fsp3) is 0. The van der Waals surface area contributed by atoms with Gasteiger partial charge in [0, 0.05) is 37.2 Å². The molecule has 4 aromatic rings. The number of rotatable bonds is 1. The van der Waals surface area contributed by atoms with Crippen LogP contribution in [0.3, 0.4) is 0 Å². The summed E-state index contributed by atoms with van der Waals surface area (Å²) in [5.74, 6) is 0. The van der Waals surface area contributed by atoms with Gasteiger partial charge in [0.2, 0.25) is 0 Å². The third-order valence-corrected chi connectivity index (χ3v) is 2.73. The van der Waals surface area contributed by atoms with Crippen molar-refractivity contribution in [3.63, 3.8) is 0 Å². The normalized spacial score (nSPS) is 7.38. The molecule has 4 aromatic heterocycles. The standard InChI is InChI=1S/C10H8N2.2C5H5N.2HNO2.H2O.Ru/c1-3-7-11-9(5-1)10-6-2-4-8-12-10;2*1-2-4-6-5-3-1;2*2-1-3;;/h1-8H;2*1-5H;2*(H,2,3);1H2;/q;;;;;;+2/p-2. The van der Waals surface area contributed by atoms with Gasteiger partial charge in [-0.15, -0.1) is 10.7 Å². The maximum Gasteiger partial charge on any atom is 2.00 e. The Morgan fingerprint density at radius 1 is 0.531 bits per heavy atom. The molecule has 0 bridgehead atoms. The predicted octanol–water partition coefficient (Wildman–Crippen LogP) is 3.98. The van der Waals surface area contributed by atoms with Gasteiger partial charge in [-0.25, -0.2) is 0 Å². The van der Waals surface area contributed by atoms with Gasteiger partial charge in [-0.3, -0.25) is 19.9 Å². The Morgan fingerprint density at radius 3 is 0.969 bits per heavy atom. The zero-order chi connectivity index (χ0) is 22.1. The van der Waals surface area contributed by atoms with Gasteiger partial charge in [-0.05, 0) is 48.5 Å². The number of pyridine rings is 4. The van der Waals surface area contributed by atoms with Crippen LogP contribution in [0, 0.1) is 20.2 Å². The zero-order valence-corrected chi connectivity index (χ0v) is 18.3. The quantitative estimate of drug-likeness (QED) is 0.202. The summed E-state index contributed by atoms with van der Waals surface area (Å²) in [6.07, 6.45) is 10.5. The van der Waals surface area contributed by atoms with Crippen molar-refractivity contribution >= 4 is 0 Å². The van der Waals surface area contributed by atoms with Gasteiger partial charge >= 0.3 is 19.5 Å². The van der Waals surface area contributed by atoms with Crippen molar-refractivity contribution in [3.8, 4) is 11.4 Å². The van der Waals surface area contributed by atoms with Gasteiger partial charge in [-0.1, -0.05) is 24.3 Å². The topological polar surface area (TPSA) is 188 Å². The maximum atomic E-state index is 8.00. The molecule has 0 unspecified atom stereocenters. The van der Waals surface area contributed by atoms with Crippen LogP contribution in [-0.2, 0) is 19.5 Å². The summed E-state index contributed by atoms with van der Waals surface area (Å²) in [6, 6.07) is 23.0. The minimum Gasteiger partial charge on any atom is -0.444 e. The second-order valence-corrected chi connectivity index (χ2v) is 4.63. The second kappa shape index (κ2) is 27.0. The van der Waals surface area contributed by atoms with Crippen molar-refractivity contribution in [3.05, 3.63) is 130 Å². The van der Waals surface area contributed by atoms with Gasteiger partial charge < -0.3 is 25.7 Å². The van der Waals surface area contributed by atoms with Crippen molar-refractivity contribution in [1.82, 2.24) is 19.9 Å². The molecule has 2 N–H and O–H groups in total. The predicted molar refractivity (Wildman–Crippen MR) is 118 cm³/mol. The van der Waals surface area contributed by atoms with E-state index in [4.69, 9.17) is 20.2 Å². The third kappa shape index (κ3) is 20.7. The Morgan fingerprint density at radius 2 is 0.812 bits per heavy atom. The van der Waals surface area contributed by atoms with E-state index in [9.17, 15) is 0 Å². The number of hydrogen-bond donors (Lipinski definition) is 0. The number of nitrogens with zero attached hydrogens (tertiary/aromatic N) is 6. The monoisotopic (exact) mass is 526 g/mol. The van der Waals surface area contributed by atoms with Crippen LogP contribution in [-0.4, -0.2) is 25.4 Å². The molecule has 0 aliphatic rings. The van der Waals surface area contributed by atoms with Crippen molar-refractivity contribution < 1.29 is 25.0 Å². The van der Waals surface area contributed by atoms with Gasteiger partial charge in [0.1, 0.15) is 0 Å². The smallest absolute Gasteiger partial charge is 0.444 e. The largest absolute Gasteiger partial charge is 2.00 e. The molecule has 0 aliphatic heterocycles. The first-order chi connectivity index (χ1) is 14.8. The molecule has 168 valence electrons. The van der Waals surface area contributed by atoms with Gasteiger partial charge in [0.05, 0.1) is 11.4 Å². The van der Waals surface area contributed by atoms with Crippen LogP contribution in [0.15, 0.2) is 121 Å². The zero-order valence-electron chi connectivity index (χ0n) is 16.6. The molecular weight excluding hydrogens is 505 g/mol. The van der Waals surface area contributed by atoms with Crippen molar-refractivity contribution in [2.45, 2.75) is 0 Å². The first-order valence-electron chi connectivity index (χ1n) is 8.22. The van der Waals surface area contributed by atoms with Gasteiger partial charge in [0.25, 0.3) is 0 Å². The van der Waals surface area contributed by atoms with Crippen molar-refractivity contribution in [2.24, 2.45) is 10.7 Å². The van der Waals surface area contributed by atoms with E-state index >= 15 is 0 Å². The molecule has 4 rings (SSSR count). The van der Waals surface area contributed by atoms with E-state index in [0.29, 0.717) is 0 Å². The molecule has 0 aliphatic carbocycles. The summed E-state index contributed by atoms with van der Waals surface area (Å²) in [4.78, 5) is 31.9. The first kappa shape index (κ1) is 32.6. The Labute approximate surface area is 197 Å². The molecule has 0 atom stereocenters. The molecule has 11 nitrogen and oxygen atoms in total. The van der Waals surface area contributed by atoms with Crippen LogP contribution in [0.2, 0.25) is 0 Å². The molecule has 0 amide bonds. The fourth-order valence-electron chi connectivity index (χ4n) is 1.65. The minimum absolute atomic E-state index is 0. The molecule has 4 heterocycles. The van der Waals surface area contributed by atoms with E-state index in [0.717, 1.165) is 22.1 Å². The summed E-state index contributed by atoms with van der Waals surface area (Å²) in [5.41, 5.74) is 1.83. The SMILES string of the molecule is O.O=N[O-].O=N[O-].[Ru+2].c1ccc(-c2ccccn2)nc1.c1ccncc1.c1ccncc1. The van der Waals surface area contributed by atoms with Crippen LogP contribution in [0.5, 0.6) is 0 Å². The molecule has 0 saturated heterocycles. The summed E-state index contributed by atoms with van der Waals surface area (Å²) in [6.45, 7) is 0. The number of hydrogen-bond acceptors (Lipinski definition) is 10. The Bertz CT molecular complexity index is 738. The fourth-order valence-corrected chi connectivity index (χ4v) is 1.65. The molecule has 12 heteroatoms. The van der Waals surface area contributed by atoms with E-state index in [1.807, 2.05) is 72.8 Å². The van der Waals surface area contributed by atoms with Crippen molar-refractivity contribution in [2.75, 3.05) is 0 Å². The van der Waals surface area contributed by atoms with Gasteiger partial charge in [-0.2, -0.15) is 0 Å². The Balaban J connectivity index is -0.000000362. The first-order valence-corrected chi connectivity index (χ1v) is 8.22. The summed E-state index contributed by atoms with van der Waals surface area (Å²) < 4.78 is 0. The Hall–Kier alpha value is -4.02. The molecule has 0 spiro atoms. The van der Waals surface area contributed by atoms with E-state index in [1.54, 1.807) is 37.2 Å². The third-order valence-electron chi connectivity index (χ3n) is 2.73. The summed E-state index contributed by atoms with van der Waals surface area (Å²) >= 11 is 0. The van der Waals surface area contributed by atoms with E-state index in [2.05, 4.69) is 19.9 Å². The molecular formula is C20H20N6O5Ru. The average Bonchev–Trinajstić information content (AvgIpc) is 2.84. The van der Waals surface area contributed by atoms with Crippen LogP contribution >= 0.6 is 0 Å². The summed E-state index contributed by atoms with van der Waals surface area (Å²) in [5, 5.41) is 18.0. The average molecular weight is 525 g/mol. The van der Waals surface area contributed by atoms with Crippen LogP contribution in [0.1, 0.15) is 0 Å². The molecule has 32 heavy (non-hydrogen) atoms. The van der Waals surface area contributed by atoms with E-state index in [-0.39, 0.29) is 25.0 Å². The van der Waals surface area contributed by atoms with Crippen LogP contribution in [0.25, 0.3) is 11.4 Å². The molecule has 0 radical (unpaired) electrons. The minimum atomic E-state index is 0. The van der Waals surface area contributed by atoms with Crippen LogP contribution < -0.4 is 0 Å². The number of aromatic nitrogens is 4. The molecule has 0 saturated carbocycles. The second-order valence-electron chi connectivity index (χ2n) is 4.63. The summed E-state index contributed by atoms with van der Waals surface area (Å²) in [7, 11) is 0. The molecule has 0 aromatic carbocycles.